The summed E-state index contributed by atoms with van der Waals surface area (Å²) < 4.78 is 25.9. The monoisotopic (exact) mass is 1040 g/mol. The SMILES string of the molecule is C/N=C/c1cncc(COc2cc(OCc3cccc(-c4cccc(COc5cc(OCc6cncc(C7=NC7)c6)c(CN6C[C@@H](C)C[C@H]6C(=O)O)cc5Cl)c4C)c3C)c(Cl)cc2CN2C[C@@H](C)C[C@H]2C(=O)O)c1. The molecule has 0 bridgehead atoms. The third-order valence-electron chi connectivity index (χ3n) is 14.0. The Morgan fingerprint density at radius 1 is 0.649 bits per heavy atom. The molecule has 0 amide bonds. The molecule has 2 fully saturated rings. The first-order chi connectivity index (χ1) is 35.7. The van der Waals surface area contributed by atoms with Crippen molar-refractivity contribution in [2.75, 3.05) is 26.7 Å². The summed E-state index contributed by atoms with van der Waals surface area (Å²) in [7, 11) is 1.71. The predicted molar refractivity (Wildman–Crippen MR) is 286 cm³/mol. The number of benzene rings is 4. The third kappa shape index (κ3) is 12.4. The van der Waals surface area contributed by atoms with Crippen molar-refractivity contribution in [1.29, 1.82) is 0 Å². The molecule has 4 atom stereocenters. The second kappa shape index (κ2) is 23.1. The van der Waals surface area contributed by atoms with Gasteiger partial charge in [-0.3, -0.25) is 39.3 Å². The molecule has 2 N–H and O–H groups in total. The molecule has 16 heteroatoms. The van der Waals surface area contributed by atoms with Crippen LogP contribution in [0.3, 0.4) is 0 Å². The molecule has 2 saturated heterocycles. The molecule has 5 heterocycles. The van der Waals surface area contributed by atoms with Crippen LogP contribution in [0.25, 0.3) is 11.1 Å². The number of aliphatic carboxylic acids is 2. The molecule has 14 nitrogen and oxygen atoms in total. The zero-order valence-electron chi connectivity index (χ0n) is 42.2. The Labute approximate surface area is 441 Å². The van der Waals surface area contributed by atoms with Gasteiger partial charge in [0.1, 0.15) is 61.5 Å². The van der Waals surface area contributed by atoms with Gasteiger partial charge < -0.3 is 29.2 Å². The number of carbonyl (C=O) groups is 2. The summed E-state index contributed by atoms with van der Waals surface area (Å²) in [5.74, 6) is 0.753. The van der Waals surface area contributed by atoms with E-state index in [9.17, 15) is 19.8 Å². The summed E-state index contributed by atoms with van der Waals surface area (Å²) in [6.07, 6.45) is 9.91. The minimum Gasteiger partial charge on any atom is -0.488 e. The van der Waals surface area contributed by atoms with Gasteiger partial charge in [0.25, 0.3) is 0 Å². The van der Waals surface area contributed by atoms with Gasteiger partial charge in [0.2, 0.25) is 0 Å². The van der Waals surface area contributed by atoms with Gasteiger partial charge in [0.05, 0.1) is 22.3 Å². The topological polar surface area (TPSA) is 168 Å². The van der Waals surface area contributed by atoms with Crippen LogP contribution in [0.1, 0.15) is 82.3 Å². The zero-order valence-corrected chi connectivity index (χ0v) is 43.7. The van der Waals surface area contributed by atoms with Crippen LogP contribution >= 0.6 is 23.2 Å². The van der Waals surface area contributed by atoms with Crippen molar-refractivity contribution in [3.05, 3.63) is 163 Å². The molecule has 9 rings (SSSR count). The fourth-order valence-electron chi connectivity index (χ4n) is 10.1. The van der Waals surface area contributed by atoms with Crippen molar-refractivity contribution in [2.45, 2.75) is 92.1 Å². The predicted octanol–water partition coefficient (Wildman–Crippen LogP) is 10.8. The third-order valence-corrected chi connectivity index (χ3v) is 14.6. The summed E-state index contributed by atoms with van der Waals surface area (Å²) in [4.78, 5) is 45.6. The molecule has 3 aliphatic rings. The van der Waals surface area contributed by atoms with Crippen LogP contribution in [0.4, 0.5) is 0 Å². The minimum absolute atomic E-state index is 0.213. The van der Waals surface area contributed by atoms with Crippen molar-refractivity contribution >= 4 is 47.1 Å². The largest absolute Gasteiger partial charge is 0.488 e. The number of carboxylic acid groups (broad SMARTS) is 2. The van der Waals surface area contributed by atoms with Crippen LogP contribution in [0.2, 0.25) is 10.0 Å². The average Bonchev–Trinajstić information content (AvgIpc) is 4.07. The lowest BCUT2D eigenvalue weighted by Gasteiger charge is -2.24. The molecule has 0 radical (unpaired) electrons. The van der Waals surface area contributed by atoms with E-state index in [4.69, 9.17) is 42.1 Å². The Morgan fingerprint density at radius 2 is 1.12 bits per heavy atom. The Morgan fingerprint density at radius 3 is 1.59 bits per heavy atom. The van der Waals surface area contributed by atoms with Crippen molar-refractivity contribution in [2.24, 2.45) is 21.8 Å². The van der Waals surface area contributed by atoms with Crippen LogP contribution in [0.5, 0.6) is 23.0 Å². The summed E-state index contributed by atoms with van der Waals surface area (Å²) in [6, 6.07) is 22.3. The van der Waals surface area contributed by atoms with E-state index in [2.05, 4.69) is 59.8 Å². The second-order valence-corrected chi connectivity index (χ2v) is 20.5. The lowest BCUT2D eigenvalue weighted by Crippen LogP contribution is -2.35. The number of aromatic nitrogens is 2. The fraction of sp³-hybridized carbons (Fsp3) is 0.345. The van der Waals surface area contributed by atoms with E-state index in [-0.39, 0.29) is 38.3 Å². The number of aliphatic imine (C=N–C) groups is 2. The highest BCUT2D eigenvalue weighted by Gasteiger charge is 2.36. The molecule has 74 heavy (non-hydrogen) atoms. The van der Waals surface area contributed by atoms with Crippen molar-refractivity contribution in [3.8, 4) is 34.1 Å². The molecule has 6 aromatic rings. The van der Waals surface area contributed by atoms with E-state index in [1.165, 1.54) is 0 Å². The summed E-state index contributed by atoms with van der Waals surface area (Å²) in [6.45, 7) is 11.9. The number of rotatable bonds is 21. The summed E-state index contributed by atoms with van der Waals surface area (Å²) in [5, 5.41) is 20.9. The first-order valence-corrected chi connectivity index (χ1v) is 25.6. The van der Waals surface area contributed by atoms with Gasteiger partial charge in [-0.05, 0) is 96.2 Å². The Balaban J connectivity index is 0.927. The molecule has 0 unspecified atom stereocenters. The van der Waals surface area contributed by atoms with Crippen LogP contribution in [0, 0.1) is 25.7 Å². The molecule has 384 valence electrons. The molecule has 0 saturated carbocycles. The minimum atomic E-state index is -0.845. The Kier molecular flexibility index (Phi) is 16.3. The number of carboxylic acids is 2. The van der Waals surface area contributed by atoms with Crippen molar-refractivity contribution in [1.82, 2.24) is 19.8 Å². The first-order valence-electron chi connectivity index (χ1n) is 24.8. The van der Waals surface area contributed by atoms with Crippen LogP contribution in [0.15, 0.2) is 108 Å². The van der Waals surface area contributed by atoms with E-state index in [1.807, 2.05) is 58.3 Å². The van der Waals surface area contributed by atoms with Gasteiger partial charge in [0, 0.05) is 110 Å². The molecule has 0 aliphatic carbocycles. The van der Waals surface area contributed by atoms with Gasteiger partial charge in [-0.15, -0.1) is 0 Å². The van der Waals surface area contributed by atoms with Crippen LogP contribution in [-0.4, -0.2) is 92.6 Å². The number of halogens is 2. The number of ether oxygens (including phenoxy) is 4. The summed E-state index contributed by atoms with van der Waals surface area (Å²) in [5.41, 5.74) is 12.2. The van der Waals surface area contributed by atoms with E-state index >= 15 is 0 Å². The Bertz CT molecular complexity index is 3130. The second-order valence-electron chi connectivity index (χ2n) is 19.7. The van der Waals surface area contributed by atoms with E-state index in [1.54, 1.807) is 50.2 Å². The number of nitrogens with zero attached hydrogens (tertiary/aromatic N) is 6. The molecule has 3 aliphatic heterocycles. The maximum Gasteiger partial charge on any atom is 0.320 e. The van der Waals surface area contributed by atoms with Gasteiger partial charge in [-0.2, -0.15) is 0 Å². The maximum atomic E-state index is 12.2. The quantitative estimate of drug-likeness (QED) is 0.0656. The molecular formula is C58H60Cl2N6O8. The van der Waals surface area contributed by atoms with Crippen molar-refractivity contribution in [3.63, 3.8) is 0 Å². The number of pyridine rings is 2. The van der Waals surface area contributed by atoms with Gasteiger partial charge in [-0.1, -0.05) is 73.4 Å². The number of likely N-dealkylation sites (tertiary alicyclic amines) is 2. The van der Waals surface area contributed by atoms with Gasteiger partial charge in [-0.25, -0.2) is 0 Å². The van der Waals surface area contributed by atoms with E-state index < -0.39 is 24.0 Å². The standard InChI is InChI=1S/C58H60Cl2N6O8/c1-34-12-51(57(67)68)65(26-34)28-44-16-48(59)55(18-53(44)71-30-39-14-38(20-61-5)21-62-22-39)73-32-41-8-6-10-46(36(41)3)47-11-7-9-42(37(47)4)33-74-56-19-54(72-31-40-15-43(24-63-23-40)50-25-64-50)45(17-49(56)60)29-66-27-35(2)13-52(66)58(69)70/h6-11,14-24,34-35,51-52H,12-13,25-33H2,1-5H3,(H,67,68)(H,69,70)/b61-20+/t34-,35-,51-,52-/m0/s1. The summed E-state index contributed by atoms with van der Waals surface area (Å²) >= 11 is 14.0. The maximum absolute atomic E-state index is 12.2. The van der Waals surface area contributed by atoms with E-state index in [0.29, 0.717) is 78.6 Å². The Hall–Kier alpha value is -6.84. The highest BCUT2D eigenvalue weighted by Crippen LogP contribution is 2.40. The molecule has 0 spiro atoms. The first kappa shape index (κ1) is 52.0. The number of hydrogen-bond donors (Lipinski definition) is 2. The number of hydrogen-bond acceptors (Lipinski definition) is 12. The normalized spacial score (nSPS) is 18.7. The highest BCUT2D eigenvalue weighted by molar-refractivity contribution is 6.32. The zero-order chi connectivity index (χ0) is 52.0. The lowest BCUT2D eigenvalue weighted by molar-refractivity contribution is -0.143. The molecule has 4 aromatic carbocycles. The van der Waals surface area contributed by atoms with Gasteiger partial charge in [0.15, 0.2) is 0 Å². The fourth-order valence-corrected chi connectivity index (χ4v) is 10.6. The highest BCUT2D eigenvalue weighted by atomic mass is 35.5. The smallest absolute Gasteiger partial charge is 0.320 e. The van der Waals surface area contributed by atoms with Crippen LogP contribution < -0.4 is 18.9 Å². The van der Waals surface area contributed by atoms with E-state index in [0.717, 1.165) is 72.5 Å². The van der Waals surface area contributed by atoms with Gasteiger partial charge >= 0.3 is 11.9 Å². The molecule has 2 aromatic heterocycles. The van der Waals surface area contributed by atoms with Crippen molar-refractivity contribution < 1.29 is 38.7 Å². The lowest BCUT2D eigenvalue weighted by atomic mass is 9.92. The molecular weight excluding hydrogens is 980 g/mol. The average molecular weight is 1040 g/mol. The van der Waals surface area contributed by atoms with Crippen LogP contribution in [-0.2, 0) is 49.1 Å².